The lowest BCUT2D eigenvalue weighted by Gasteiger charge is -2.24. The largest absolute Gasteiger partial charge is 0.496 e. The molecule has 0 spiro atoms. The van der Waals surface area contributed by atoms with Gasteiger partial charge in [-0.1, -0.05) is 26.0 Å². The summed E-state index contributed by atoms with van der Waals surface area (Å²) in [6, 6.07) is 5.05. The van der Waals surface area contributed by atoms with E-state index in [-0.39, 0.29) is 25.6 Å². The first-order valence-corrected chi connectivity index (χ1v) is 9.18. The van der Waals surface area contributed by atoms with Crippen LogP contribution in [0.1, 0.15) is 30.9 Å². The summed E-state index contributed by atoms with van der Waals surface area (Å²) in [7, 11) is 1.46. The van der Waals surface area contributed by atoms with Crippen LogP contribution in [0.4, 0.5) is 0 Å². The topological polar surface area (TPSA) is 131 Å². The van der Waals surface area contributed by atoms with E-state index in [1.807, 2.05) is 18.7 Å². The maximum absolute atomic E-state index is 11.8. The van der Waals surface area contributed by atoms with Crippen molar-refractivity contribution in [1.29, 1.82) is 0 Å². The molecule has 1 aromatic rings. The van der Waals surface area contributed by atoms with Gasteiger partial charge in [-0.25, -0.2) is 0 Å². The third-order valence-corrected chi connectivity index (χ3v) is 4.29. The Bertz CT molecular complexity index is 739. The lowest BCUT2D eigenvalue weighted by molar-refractivity contribution is -0.757. The molecule has 1 unspecified atom stereocenters. The number of rotatable bonds is 13. The lowest BCUT2D eigenvalue weighted by Crippen LogP contribution is -2.32. The molecule has 0 bridgehead atoms. The fraction of sp³-hybridized carbons (Fsp3) is 0.474. The molecule has 1 atom stereocenters. The Hall–Kier alpha value is -2.85. The highest BCUT2D eigenvalue weighted by Crippen LogP contribution is 2.29. The van der Waals surface area contributed by atoms with Gasteiger partial charge < -0.3 is 24.9 Å². The molecule has 0 aromatic heterocycles. The number of hydrogen-bond donors (Lipinski definition) is 2. The monoisotopic (exact) mass is 445 g/mol. The summed E-state index contributed by atoms with van der Waals surface area (Å²) in [5.74, 6) is -1.70. The van der Waals surface area contributed by atoms with Gasteiger partial charge in [-0.2, -0.15) is 0 Å². The van der Waals surface area contributed by atoms with Gasteiger partial charge in [0.05, 0.1) is 13.0 Å². The van der Waals surface area contributed by atoms with Crippen LogP contribution in [0.3, 0.4) is 0 Å². The molecule has 11 heteroatoms. The van der Waals surface area contributed by atoms with E-state index in [1.54, 1.807) is 18.2 Å². The Morgan fingerprint density at radius 1 is 1.33 bits per heavy atom. The number of aliphatic carboxylic acids is 1. The minimum Gasteiger partial charge on any atom is -0.496 e. The molecule has 0 aliphatic rings. The van der Waals surface area contributed by atoms with E-state index in [9.17, 15) is 24.8 Å². The minimum absolute atomic E-state index is 0. The van der Waals surface area contributed by atoms with Gasteiger partial charge in [0.25, 0.3) is 5.09 Å². The molecule has 10 nitrogen and oxygen atoms in total. The summed E-state index contributed by atoms with van der Waals surface area (Å²) in [6.45, 7) is 5.56. The predicted molar refractivity (Wildman–Crippen MR) is 113 cm³/mol. The maximum Gasteiger partial charge on any atom is 0.312 e. The van der Waals surface area contributed by atoms with E-state index in [2.05, 4.69) is 10.2 Å². The summed E-state index contributed by atoms with van der Waals surface area (Å²) >= 11 is 0. The average molecular weight is 446 g/mol. The zero-order valence-corrected chi connectivity index (χ0v) is 18.0. The van der Waals surface area contributed by atoms with Crippen molar-refractivity contribution in [2.75, 3.05) is 39.9 Å². The molecule has 0 radical (unpaired) electrons. The van der Waals surface area contributed by atoms with Crippen LogP contribution < -0.4 is 10.1 Å². The van der Waals surface area contributed by atoms with Crippen LogP contribution in [0.2, 0.25) is 0 Å². The number of likely N-dealkylation sites (N-methyl/N-ethyl adjacent to an activating group) is 1. The second-order valence-electron chi connectivity index (χ2n) is 6.06. The summed E-state index contributed by atoms with van der Waals surface area (Å²) < 4.78 is 5.38. The van der Waals surface area contributed by atoms with Crippen LogP contribution in [0.5, 0.6) is 5.75 Å². The first-order chi connectivity index (χ1) is 13.8. The summed E-state index contributed by atoms with van der Waals surface area (Å²) in [4.78, 5) is 39.7. The van der Waals surface area contributed by atoms with Gasteiger partial charge in [0.1, 0.15) is 12.4 Å². The number of benzene rings is 1. The van der Waals surface area contributed by atoms with E-state index in [4.69, 9.17) is 4.74 Å². The fourth-order valence-electron chi connectivity index (χ4n) is 2.69. The Labute approximate surface area is 181 Å². The van der Waals surface area contributed by atoms with Gasteiger partial charge in [0.15, 0.2) is 0 Å². The van der Waals surface area contributed by atoms with Crippen LogP contribution >= 0.6 is 12.4 Å². The lowest BCUT2D eigenvalue weighted by atomic mass is 9.96. The zero-order valence-electron chi connectivity index (χ0n) is 17.2. The normalized spacial score (nSPS) is 11.6. The first kappa shape index (κ1) is 27.1. The second kappa shape index (κ2) is 14.2. The fourth-order valence-corrected chi connectivity index (χ4v) is 2.69. The molecule has 0 aliphatic heterocycles. The summed E-state index contributed by atoms with van der Waals surface area (Å²) in [5, 5.41) is 21.2. The minimum atomic E-state index is -0.935. The highest BCUT2D eigenvalue weighted by molar-refractivity contribution is 5.91. The number of amides is 1. The second-order valence-corrected chi connectivity index (χ2v) is 6.06. The standard InChI is InChI=1S/C19H27N3O7.ClH/c1-4-21(5-2)13-16(19(24)25)15-8-6-14(12-17(15)28-3)7-9-18(23)20-10-11-29-22(26)27;/h6-9,12,16H,4-5,10-11,13H2,1-3H3,(H,20,23)(H,24,25);1H. The number of carboxylic acids is 1. The van der Waals surface area contributed by atoms with Gasteiger partial charge in [0, 0.05) is 24.7 Å². The van der Waals surface area contributed by atoms with Crippen LogP contribution in [0, 0.1) is 10.1 Å². The Morgan fingerprint density at radius 3 is 2.53 bits per heavy atom. The number of carbonyl (C=O) groups excluding carboxylic acids is 1. The number of halogens is 1. The van der Waals surface area contributed by atoms with Gasteiger partial charge in [-0.15, -0.1) is 22.5 Å². The first-order valence-electron chi connectivity index (χ1n) is 9.18. The van der Waals surface area contributed by atoms with Crippen molar-refractivity contribution < 1.29 is 29.4 Å². The summed E-state index contributed by atoms with van der Waals surface area (Å²) in [6.07, 6.45) is 2.81. The highest BCUT2D eigenvalue weighted by atomic mass is 35.5. The van der Waals surface area contributed by atoms with Crippen molar-refractivity contribution >= 4 is 30.4 Å². The van der Waals surface area contributed by atoms with Crippen molar-refractivity contribution in [1.82, 2.24) is 10.2 Å². The molecule has 0 saturated carbocycles. The highest BCUT2D eigenvalue weighted by Gasteiger charge is 2.25. The molecular formula is C19H28ClN3O7. The molecule has 168 valence electrons. The molecule has 0 aliphatic carbocycles. The molecule has 1 amide bonds. The molecule has 0 saturated heterocycles. The van der Waals surface area contributed by atoms with Crippen molar-refractivity contribution in [3.63, 3.8) is 0 Å². The van der Waals surface area contributed by atoms with Gasteiger partial charge in [0.2, 0.25) is 5.91 Å². The Balaban J connectivity index is 0.00000841. The Morgan fingerprint density at radius 2 is 2.00 bits per heavy atom. The van der Waals surface area contributed by atoms with Gasteiger partial charge in [-0.05, 0) is 30.8 Å². The number of carboxylic acid groups (broad SMARTS) is 1. The van der Waals surface area contributed by atoms with Gasteiger partial charge >= 0.3 is 5.97 Å². The molecular weight excluding hydrogens is 418 g/mol. The molecule has 1 rings (SSSR count). The molecule has 0 fully saturated rings. The van der Waals surface area contributed by atoms with Crippen molar-refractivity contribution in [2.45, 2.75) is 19.8 Å². The predicted octanol–water partition coefficient (Wildman–Crippen LogP) is 1.96. The van der Waals surface area contributed by atoms with Crippen molar-refractivity contribution in [3.05, 3.63) is 45.5 Å². The van der Waals surface area contributed by atoms with Crippen LogP contribution in [0.25, 0.3) is 6.08 Å². The van der Waals surface area contributed by atoms with Crippen molar-refractivity contribution in [2.24, 2.45) is 0 Å². The molecule has 1 aromatic carbocycles. The maximum atomic E-state index is 11.8. The third kappa shape index (κ3) is 9.10. The van der Waals surface area contributed by atoms with Crippen LogP contribution in [-0.4, -0.2) is 66.9 Å². The molecule has 2 N–H and O–H groups in total. The average Bonchev–Trinajstić information content (AvgIpc) is 2.70. The number of nitrogens with one attached hydrogen (secondary N) is 1. The molecule has 30 heavy (non-hydrogen) atoms. The number of hydrogen-bond acceptors (Lipinski definition) is 7. The van der Waals surface area contributed by atoms with E-state index in [0.717, 1.165) is 13.1 Å². The zero-order chi connectivity index (χ0) is 21.8. The van der Waals surface area contributed by atoms with Crippen LogP contribution in [0.15, 0.2) is 24.3 Å². The van der Waals surface area contributed by atoms with Crippen LogP contribution in [-0.2, 0) is 14.4 Å². The number of ether oxygens (including phenoxy) is 1. The van der Waals surface area contributed by atoms with E-state index < -0.39 is 22.9 Å². The van der Waals surface area contributed by atoms with E-state index >= 15 is 0 Å². The number of methoxy groups -OCH3 is 1. The summed E-state index contributed by atoms with van der Waals surface area (Å²) in [5.41, 5.74) is 1.21. The van der Waals surface area contributed by atoms with E-state index in [0.29, 0.717) is 23.4 Å². The van der Waals surface area contributed by atoms with Gasteiger partial charge in [-0.3, -0.25) is 9.59 Å². The Kier molecular flexibility index (Phi) is 12.8. The van der Waals surface area contributed by atoms with Crippen molar-refractivity contribution in [3.8, 4) is 5.75 Å². The number of nitrogens with zero attached hydrogens (tertiary/aromatic N) is 2. The third-order valence-electron chi connectivity index (χ3n) is 4.29. The molecule has 0 heterocycles. The number of carbonyl (C=O) groups is 2. The SMILES string of the molecule is CCN(CC)CC(C(=O)O)c1ccc(C=CC(=O)NCCO[N+](=O)[O-])cc1OC.Cl. The smallest absolute Gasteiger partial charge is 0.312 e. The quantitative estimate of drug-likeness (QED) is 0.204. The van der Waals surface area contributed by atoms with E-state index in [1.165, 1.54) is 19.3 Å².